The Bertz CT molecular complexity index is 203. The van der Waals surface area contributed by atoms with Crippen molar-refractivity contribution in [2.45, 2.75) is 30.1 Å². The number of rotatable bonds is 2. The molecule has 7 nitrogen and oxygen atoms in total. The Balaban J connectivity index is 2.84. The highest BCUT2D eigenvalue weighted by Crippen LogP contribution is 2.26. The standard InChI is InChI=1S/C7H15NO6/c8-7(2-10)5(12)4(11)3(1-9)14-6(7)13/h3-6,9-13H,1-2,8H2/t3-,4-,5+,6-,7-/m1/s1. The smallest absolute Gasteiger partial charge is 0.178 e. The van der Waals surface area contributed by atoms with E-state index in [4.69, 9.17) is 20.7 Å². The van der Waals surface area contributed by atoms with Crippen LogP contribution in [0, 0.1) is 0 Å². The zero-order valence-corrected chi connectivity index (χ0v) is 7.45. The molecule has 0 aromatic rings. The van der Waals surface area contributed by atoms with E-state index < -0.39 is 43.4 Å². The fourth-order valence-corrected chi connectivity index (χ4v) is 1.36. The number of hydrogen-bond donors (Lipinski definition) is 6. The first-order valence-corrected chi connectivity index (χ1v) is 4.17. The van der Waals surface area contributed by atoms with Gasteiger partial charge in [-0.25, -0.2) is 0 Å². The average molecular weight is 209 g/mol. The number of ether oxygens (including phenoxy) is 1. The van der Waals surface area contributed by atoms with E-state index in [1.807, 2.05) is 0 Å². The summed E-state index contributed by atoms with van der Waals surface area (Å²) in [4.78, 5) is 0. The molecule has 84 valence electrons. The maximum atomic E-state index is 9.48. The van der Waals surface area contributed by atoms with Gasteiger partial charge >= 0.3 is 0 Å². The van der Waals surface area contributed by atoms with Crippen LogP contribution in [0.2, 0.25) is 0 Å². The van der Waals surface area contributed by atoms with E-state index in [9.17, 15) is 15.3 Å². The van der Waals surface area contributed by atoms with Gasteiger partial charge in [-0.2, -0.15) is 0 Å². The van der Waals surface area contributed by atoms with Crippen LogP contribution in [0.15, 0.2) is 0 Å². The number of hydrogen-bond acceptors (Lipinski definition) is 7. The molecule has 7 heteroatoms. The molecule has 0 amide bonds. The predicted molar refractivity (Wildman–Crippen MR) is 44.0 cm³/mol. The van der Waals surface area contributed by atoms with Crippen LogP contribution in [0.5, 0.6) is 0 Å². The molecule has 0 saturated carbocycles. The lowest BCUT2D eigenvalue weighted by molar-refractivity contribution is -0.282. The van der Waals surface area contributed by atoms with E-state index in [0.29, 0.717) is 0 Å². The van der Waals surface area contributed by atoms with Gasteiger partial charge in [-0.15, -0.1) is 0 Å². The van der Waals surface area contributed by atoms with E-state index >= 15 is 0 Å². The van der Waals surface area contributed by atoms with Crippen LogP contribution in [0.1, 0.15) is 0 Å². The monoisotopic (exact) mass is 209 g/mol. The summed E-state index contributed by atoms with van der Waals surface area (Å²) < 4.78 is 4.74. The number of nitrogens with two attached hydrogens (primary N) is 1. The molecule has 14 heavy (non-hydrogen) atoms. The topological polar surface area (TPSA) is 136 Å². The van der Waals surface area contributed by atoms with Crippen LogP contribution >= 0.6 is 0 Å². The van der Waals surface area contributed by atoms with E-state index in [-0.39, 0.29) is 0 Å². The molecule has 7 N–H and O–H groups in total. The zero-order valence-electron chi connectivity index (χ0n) is 7.45. The minimum atomic E-state index is -1.83. The van der Waals surface area contributed by atoms with Gasteiger partial charge in [-0.05, 0) is 0 Å². The third-order valence-corrected chi connectivity index (χ3v) is 2.47. The summed E-state index contributed by atoms with van der Waals surface area (Å²) in [5.74, 6) is 0. The van der Waals surface area contributed by atoms with Gasteiger partial charge < -0.3 is 36.0 Å². The van der Waals surface area contributed by atoms with Crippen molar-refractivity contribution >= 4 is 0 Å². The fourth-order valence-electron chi connectivity index (χ4n) is 1.36. The molecule has 0 unspecified atom stereocenters. The van der Waals surface area contributed by atoms with Crippen molar-refractivity contribution in [1.29, 1.82) is 0 Å². The summed E-state index contributed by atoms with van der Waals surface area (Å²) in [6.45, 7) is -1.30. The molecule has 1 fully saturated rings. The molecule has 0 radical (unpaired) electrons. The third-order valence-electron chi connectivity index (χ3n) is 2.47. The highest BCUT2D eigenvalue weighted by atomic mass is 16.6. The number of aliphatic hydroxyl groups is 5. The fraction of sp³-hybridized carbons (Fsp3) is 1.00. The highest BCUT2D eigenvalue weighted by Gasteiger charge is 2.52. The minimum Gasteiger partial charge on any atom is -0.394 e. The summed E-state index contributed by atoms with van der Waals surface area (Å²) in [6.07, 6.45) is -5.75. The lowest BCUT2D eigenvalue weighted by atomic mass is 9.85. The Hall–Kier alpha value is -0.280. The Morgan fingerprint density at radius 1 is 1.21 bits per heavy atom. The van der Waals surface area contributed by atoms with Gasteiger partial charge in [0.2, 0.25) is 0 Å². The van der Waals surface area contributed by atoms with E-state index in [1.54, 1.807) is 0 Å². The van der Waals surface area contributed by atoms with Crippen LogP contribution in [-0.2, 0) is 4.74 Å². The highest BCUT2D eigenvalue weighted by molar-refractivity contribution is 5.03. The summed E-state index contributed by atoms with van der Waals surface area (Å²) in [6, 6.07) is 0. The molecule has 1 rings (SSSR count). The van der Waals surface area contributed by atoms with Gasteiger partial charge in [0.1, 0.15) is 23.9 Å². The van der Waals surface area contributed by atoms with Gasteiger partial charge in [0.05, 0.1) is 13.2 Å². The number of aliphatic hydroxyl groups excluding tert-OH is 5. The molecular weight excluding hydrogens is 194 g/mol. The summed E-state index contributed by atoms with van der Waals surface area (Å²) in [5, 5.41) is 45.8. The molecule has 1 saturated heterocycles. The quantitative estimate of drug-likeness (QED) is 0.273. The molecule has 5 atom stereocenters. The molecule has 1 aliphatic rings. The normalized spacial score (nSPS) is 49.3. The van der Waals surface area contributed by atoms with Gasteiger partial charge in [0.15, 0.2) is 6.29 Å². The zero-order chi connectivity index (χ0) is 10.9. The van der Waals surface area contributed by atoms with Crippen LogP contribution in [0.4, 0.5) is 0 Å². The largest absolute Gasteiger partial charge is 0.394 e. The Kier molecular flexibility index (Phi) is 3.43. The second-order valence-electron chi connectivity index (χ2n) is 3.42. The maximum absolute atomic E-state index is 9.48. The van der Waals surface area contributed by atoms with Crippen LogP contribution < -0.4 is 5.73 Å². The van der Waals surface area contributed by atoms with Gasteiger partial charge in [-0.1, -0.05) is 0 Å². The first-order chi connectivity index (χ1) is 6.47. The van der Waals surface area contributed by atoms with Crippen molar-refractivity contribution in [2.24, 2.45) is 5.73 Å². The molecule has 1 aliphatic heterocycles. The van der Waals surface area contributed by atoms with E-state index in [2.05, 4.69) is 0 Å². The van der Waals surface area contributed by atoms with Crippen molar-refractivity contribution in [3.05, 3.63) is 0 Å². The van der Waals surface area contributed by atoms with Crippen molar-refractivity contribution in [3.8, 4) is 0 Å². The van der Waals surface area contributed by atoms with Crippen molar-refractivity contribution < 1.29 is 30.3 Å². The Labute approximate surface area is 80.3 Å². The maximum Gasteiger partial charge on any atom is 0.178 e. The van der Waals surface area contributed by atoms with Crippen LogP contribution in [0.25, 0.3) is 0 Å². The summed E-state index contributed by atoms with van der Waals surface area (Å²) in [7, 11) is 0. The van der Waals surface area contributed by atoms with Gasteiger partial charge in [0, 0.05) is 0 Å². The SMILES string of the molecule is N[C@@]1(CO)[C@H](O)O[C@H](CO)[C@@H](O)[C@@H]1O. The van der Waals surface area contributed by atoms with Crippen molar-refractivity contribution in [3.63, 3.8) is 0 Å². The second-order valence-corrected chi connectivity index (χ2v) is 3.42. The molecule has 0 aromatic carbocycles. The minimum absolute atomic E-state index is 0.559. The average Bonchev–Trinajstić information content (AvgIpc) is 2.20. The van der Waals surface area contributed by atoms with E-state index in [0.717, 1.165) is 0 Å². The lowest BCUT2D eigenvalue weighted by Crippen LogP contribution is -2.72. The van der Waals surface area contributed by atoms with Gasteiger partial charge in [0.25, 0.3) is 0 Å². The van der Waals surface area contributed by atoms with Crippen LogP contribution in [0.3, 0.4) is 0 Å². The summed E-state index contributed by atoms with van der Waals surface area (Å²) >= 11 is 0. The van der Waals surface area contributed by atoms with E-state index in [1.165, 1.54) is 0 Å². The van der Waals surface area contributed by atoms with Crippen molar-refractivity contribution in [1.82, 2.24) is 0 Å². The molecule has 1 heterocycles. The third kappa shape index (κ3) is 1.63. The second kappa shape index (κ2) is 4.07. The Morgan fingerprint density at radius 2 is 1.79 bits per heavy atom. The van der Waals surface area contributed by atoms with Crippen molar-refractivity contribution in [2.75, 3.05) is 13.2 Å². The molecular formula is C7H15NO6. The molecule has 0 spiro atoms. The lowest BCUT2D eigenvalue weighted by Gasteiger charge is -2.45. The molecule has 0 aromatic heterocycles. The Morgan fingerprint density at radius 3 is 2.21 bits per heavy atom. The predicted octanol–water partition coefficient (Wildman–Crippen LogP) is -3.89. The molecule has 0 bridgehead atoms. The summed E-state index contributed by atoms with van der Waals surface area (Å²) in [5.41, 5.74) is 3.61. The molecule has 0 aliphatic carbocycles. The first kappa shape index (κ1) is 11.8. The van der Waals surface area contributed by atoms with Crippen LogP contribution in [-0.4, -0.2) is 68.9 Å². The van der Waals surface area contributed by atoms with Gasteiger partial charge in [-0.3, -0.25) is 0 Å². The first-order valence-electron chi connectivity index (χ1n) is 4.17.